The first kappa shape index (κ1) is 12.0. The van der Waals surface area contributed by atoms with E-state index in [9.17, 15) is 4.79 Å². The first-order valence-electron chi connectivity index (χ1n) is 6.12. The number of carbonyl (C=O) groups is 1. The van der Waals surface area contributed by atoms with Crippen molar-refractivity contribution in [3.63, 3.8) is 0 Å². The van der Waals surface area contributed by atoms with Gasteiger partial charge in [0, 0.05) is 23.4 Å². The molecule has 2 saturated heterocycles. The maximum absolute atomic E-state index is 12.1. The molecule has 4 nitrogen and oxygen atoms in total. The number of halogens is 1. The number of carbonyl (C=O) groups excluding carboxylic acids is 1. The molecule has 0 aromatic heterocycles. The smallest absolute Gasteiger partial charge is 0.322 e. The molecule has 1 aromatic rings. The Kier molecular flexibility index (Phi) is 3.03. The van der Waals surface area contributed by atoms with E-state index in [0.29, 0.717) is 0 Å². The van der Waals surface area contributed by atoms with E-state index < -0.39 is 0 Å². The van der Waals surface area contributed by atoms with Crippen molar-refractivity contribution in [1.82, 2.24) is 5.32 Å². The number of nitrogens with zero attached hydrogens (tertiary/aromatic N) is 1. The number of rotatable bonds is 1. The summed E-state index contributed by atoms with van der Waals surface area (Å²) < 4.78 is 6.39. The van der Waals surface area contributed by atoms with Gasteiger partial charge < -0.3 is 10.1 Å². The Labute approximate surface area is 114 Å². The molecular weight excluding hydrogens is 296 g/mol. The lowest BCUT2D eigenvalue weighted by molar-refractivity contribution is 0.0521. The van der Waals surface area contributed by atoms with Gasteiger partial charge in [0.2, 0.25) is 0 Å². The third-order valence-corrected chi connectivity index (χ3v) is 4.19. The van der Waals surface area contributed by atoms with Crippen molar-refractivity contribution in [3.8, 4) is 0 Å². The summed E-state index contributed by atoms with van der Waals surface area (Å²) in [5, 5.41) is 3.13. The molecule has 1 N–H and O–H groups in total. The van der Waals surface area contributed by atoms with Crippen molar-refractivity contribution in [1.29, 1.82) is 0 Å². The summed E-state index contributed by atoms with van der Waals surface area (Å²) in [7, 11) is 0. The number of amides is 2. The van der Waals surface area contributed by atoms with Crippen LogP contribution in [0, 0.1) is 0 Å². The molecule has 3 rings (SSSR count). The van der Waals surface area contributed by atoms with Crippen molar-refractivity contribution in [3.05, 3.63) is 28.7 Å². The van der Waals surface area contributed by atoms with Crippen LogP contribution >= 0.6 is 15.9 Å². The van der Waals surface area contributed by atoms with E-state index in [1.807, 2.05) is 29.2 Å². The SMILES string of the molecule is O=C1NC2(CCOCC2)CN1c1ccc(Br)cc1. The van der Waals surface area contributed by atoms with Crippen molar-refractivity contribution < 1.29 is 9.53 Å². The van der Waals surface area contributed by atoms with Crippen LogP contribution in [0.1, 0.15) is 12.8 Å². The number of urea groups is 1. The summed E-state index contributed by atoms with van der Waals surface area (Å²) in [5.41, 5.74) is 0.849. The van der Waals surface area contributed by atoms with Crippen molar-refractivity contribution in [2.24, 2.45) is 0 Å². The fraction of sp³-hybridized carbons (Fsp3) is 0.462. The molecule has 0 aliphatic carbocycles. The lowest BCUT2D eigenvalue weighted by Crippen LogP contribution is -2.47. The van der Waals surface area contributed by atoms with Crippen LogP contribution in [-0.2, 0) is 4.74 Å². The topological polar surface area (TPSA) is 41.6 Å². The van der Waals surface area contributed by atoms with Gasteiger partial charge in [-0.05, 0) is 37.1 Å². The molecule has 2 heterocycles. The normalized spacial score (nSPS) is 22.3. The Morgan fingerprint density at radius 1 is 1.22 bits per heavy atom. The van der Waals surface area contributed by atoms with Crippen LogP contribution in [0.5, 0.6) is 0 Å². The van der Waals surface area contributed by atoms with Gasteiger partial charge in [-0.1, -0.05) is 15.9 Å². The molecular formula is C13H15BrN2O2. The summed E-state index contributed by atoms with van der Waals surface area (Å²) in [6, 6.07) is 7.83. The number of anilines is 1. The third kappa shape index (κ3) is 2.12. The summed E-state index contributed by atoms with van der Waals surface area (Å²) in [5.74, 6) is 0. The van der Waals surface area contributed by atoms with Gasteiger partial charge in [0.1, 0.15) is 0 Å². The Morgan fingerprint density at radius 2 is 1.89 bits per heavy atom. The quantitative estimate of drug-likeness (QED) is 0.866. The summed E-state index contributed by atoms with van der Waals surface area (Å²) in [6.45, 7) is 2.19. The van der Waals surface area contributed by atoms with Crippen molar-refractivity contribution >= 4 is 27.6 Å². The van der Waals surface area contributed by atoms with E-state index in [1.165, 1.54) is 0 Å². The highest BCUT2D eigenvalue weighted by Crippen LogP contribution is 2.30. The Hall–Kier alpha value is -1.07. The first-order valence-corrected chi connectivity index (χ1v) is 6.91. The highest BCUT2D eigenvalue weighted by Gasteiger charge is 2.43. The van der Waals surface area contributed by atoms with Gasteiger partial charge in [0.25, 0.3) is 0 Å². The average Bonchev–Trinajstić information content (AvgIpc) is 2.68. The molecule has 1 spiro atoms. The van der Waals surface area contributed by atoms with E-state index in [2.05, 4.69) is 21.2 Å². The summed E-state index contributed by atoms with van der Waals surface area (Å²) in [6.07, 6.45) is 1.79. The maximum atomic E-state index is 12.1. The second kappa shape index (κ2) is 4.55. The van der Waals surface area contributed by atoms with Gasteiger partial charge in [0.05, 0.1) is 12.1 Å². The number of nitrogens with one attached hydrogen (secondary N) is 1. The second-order valence-electron chi connectivity index (χ2n) is 4.89. The zero-order valence-corrected chi connectivity index (χ0v) is 11.6. The average molecular weight is 311 g/mol. The van der Waals surface area contributed by atoms with Crippen LogP contribution in [0.2, 0.25) is 0 Å². The van der Waals surface area contributed by atoms with Crippen LogP contribution in [0.15, 0.2) is 28.7 Å². The molecule has 18 heavy (non-hydrogen) atoms. The monoisotopic (exact) mass is 310 g/mol. The third-order valence-electron chi connectivity index (χ3n) is 3.67. The van der Waals surface area contributed by atoms with E-state index in [1.54, 1.807) is 0 Å². The highest BCUT2D eigenvalue weighted by atomic mass is 79.9. The lowest BCUT2D eigenvalue weighted by Gasteiger charge is -2.32. The molecule has 2 fully saturated rings. The minimum Gasteiger partial charge on any atom is -0.381 e. The molecule has 2 aliphatic heterocycles. The predicted octanol–water partition coefficient (Wildman–Crippen LogP) is 2.53. The molecule has 0 unspecified atom stereocenters. The Morgan fingerprint density at radius 3 is 2.56 bits per heavy atom. The molecule has 0 atom stereocenters. The first-order chi connectivity index (χ1) is 8.69. The maximum Gasteiger partial charge on any atom is 0.322 e. The molecule has 0 radical (unpaired) electrons. The molecule has 5 heteroatoms. The Bertz CT molecular complexity index is 455. The van der Waals surface area contributed by atoms with E-state index in [-0.39, 0.29) is 11.6 Å². The minimum atomic E-state index is -0.0948. The minimum absolute atomic E-state index is 0.000720. The van der Waals surface area contributed by atoms with E-state index in [0.717, 1.165) is 42.8 Å². The zero-order chi connectivity index (χ0) is 12.6. The van der Waals surface area contributed by atoms with Crippen LogP contribution in [0.25, 0.3) is 0 Å². The molecule has 2 aliphatic rings. The van der Waals surface area contributed by atoms with Gasteiger partial charge >= 0.3 is 6.03 Å². The summed E-state index contributed by atoms with van der Waals surface area (Å²) in [4.78, 5) is 13.9. The molecule has 2 amide bonds. The van der Waals surface area contributed by atoms with Gasteiger partial charge in [-0.3, -0.25) is 4.90 Å². The second-order valence-corrected chi connectivity index (χ2v) is 5.80. The Balaban J connectivity index is 1.82. The van der Waals surface area contributed by atoms with Gasteiger partial charge in [-0.25, -0.2) is 4.79 Å². The summed E-state index contributed by atoms with van der Waals surface area (Å²) >= 11 is 3.40. The van der Waals surface area contributed by atoms with Gasteiger partial charge in [-0.2, -0.15) is 0 Å². The largest absolute Gasteiger partial charge is 0.381 e. The van der Waals surface area contributed by atoms with E-state index in [4.69, 9.17) is 4.74 Å². The standard InChI is InChI=1S/C13H15BrN2O2/c14-10-1-3-11(4-2-10)16-9-13(15-12(16)17)5-7-18-8-6-13/h1-4H,5-9H2,(H,15,17). The highest BCUT2D eigenvalue weighted by molar-refractivity contribution is 9.10. The van der Waals surface area contributed by atoms with Crippen LogP contribution < -0.4 is 10.2 Å². The fourth-order valence-electron chi connectivity index (χ4n) is 2.58. The molecule has 0 bridgehead atoms. The zero-order valence-electron chi connectivity index (χ0n) is 9.99. The molecule has 96 valence electrons. The van der Waals surface area contributed by atoms with Crippen LogP contribution in [-0.4, -0.2) is 31.3 Å². The molecule has 0 saturated carbocycles. The predicted molar refractivity (Wildman–Crippen MR) is 72.8 cm³/mol. The lowest BCUT2D eigenvalue weighted by atomic mass is 9.91. The van der Waals surface area contributed by atoms with Crippen molar-refractivity contribution in [2.45, 2.75) is 18.4 Å². The van der Waals surface area contributed by atoms with Gasteiger partial charge in [-0.15, -0.1) is 0 Å². The van der Waals surface area contributed by atoms with Gasteiger partial charge in [0.15, 0.2) is 0 Å². The van der Waals surface area contributed by atoms with Crippen molar-refractivity contribution in [2.75, 3.05) is 24.7 Å². The number of ether oxygens (including phenoxy) is 1. The fourth-order valence-corrected chi connectivity index (χ4v) is 2.85. The van der Waals surface area contributed by atoms with Crippen LogP contribution in [0.3, 0.4) is 0 Å². The number of benzene rings is 1. The molecule has 1 aromatic carbocycles. The van der Waals surface area contributed by atoms with E-state index >= 15 is 0 Å². The number of hydrogen-bond acceptors (Lipinski definition) is 2. The van der Waals surface area contributed by atoms with Crippen LogP contribution in [0.4, 0.5) is 10.5 Å². The number of hydrogen-bond donors (Lipinski definition) is 1.